The highest BCUT2D eigenvalue weighted by atomic mass is 32.1. The van der Waals surface area contributed by atoms with Crippen LogP contribution in [-0.2, 0) is 14.3 Å². The number of ketones is 1. The number of aliphatic imine (C=N–C) groups is 1. The molecular formula is C23H22FNO3S. The van der Waals surface area contributed by atoms with Crippen LogP contribution in [0.25, 0.3) is 0 Å². The molecule has 0 saturated heterocycles. The van der Waals surface area contributed by atoms with Gasteiger partial charge in [-0.2, -0.15) is 0 Å². The fraction of sp³-hybridized carbons (Fsp3) is 0.348. The summed E-state index contributed by atoms with van der Waals surface area (Å²) in [4.78, 5) is 31.9. The number of thiophene rings is 1. The summed E-state index contributed by atoms with van der Waals surface area (Å²) in [5.74, 6) is -1.83. The molecule has 3 atom stereocenters. The summed E-state index contributed by atoms with van der Waals surface area (Å²) in [6.07, 6.45) is 1.05. The van der Waals surface area contributed by atoms with Gasteiger partial charge >= 0.3 is 5.97 Å². The predicted octanol–water partition coefficient (Wildman–Crippen LogP) is 5.03. The first-order valence-corrected chi connectivity index (χ1v) is 10.6. The van der Waals surface area contributed by atoms with Gasteiger partial charge in [-0.15, -0.1) is 11.3 Å². The molecular weight excluding hydrogens is 389 g/mol. The van der Waals surface area contributed by atoms with E-state index >= 15 is 0 Å². The van der Waals surface area contributed by atoms with Crippen molar-refractivity contribution in [3.8, 4) is 0 Å². The smallest absolute Gasteiger partial charge is 0.315 e. The van der Waals surface area contributed by atoms with Crippen LogP contribution in [0.2, 0.25) is 0 Å². The van der Waals surface area contributed by atoms with E-state index in [9.17, 15) is 14.0 Å². The highest BCUT2D eigenvalue weighted by Crippen LogP contribution is 2.47. The second-order valence-electron chi connectivity index (χ2n) is 7.42. The third-order valence-electron chi connectivity index (χ3n) is 5.60. The first kappa shape index (κ1) is 19.7. The number of nitrogens with zero attached hydrogens (tertiary/aromatic N) is 1. The van der Waals surface area contributed by atoms with E-state index in [1.54, 1.807) is 37.3 Å². The molecule has 4 nitrogen and oxygen atoms in total. The van der Waals surface area contributed by atoms with Crippen molar-refractivity contribution < 1.29 is 18.7 Å². The molecule has 1 aliphatic carbocycles. The van der Waals surface area contributed by atoms with Gasteiger partial charge in [-0.25, -0.2) is 4.39 Å². The SMILES string of the molecule is CCOC(=O)C1C(C)=NC2=C(C(=O)C[C@H](c3cccs3)C2)[C@@H]1c1ccc(F)cc1. The molecule has 0 amide bonds. The number of Topliss-reactive ketones (excluding diaryl/α,β-unsaturated/α-hetero) is 1. The fourth-order valence-electron chi connectivity index (χ4n) is 4.35. The van der Waals surface area contributed by atoms with Crippen LogP contribution in [-0.4, -0.2) is 24.1 Å². The number of benzene rings is 1. The van der Waals surface area contributed by atoms with Crippen molar-refractivity contribution in [1.29, 1.82) is 0 Å². The first-order chi connectivity index (χ1) is 14.0. The minimum atomic E-state index is -0.679. The molecule has 0 fully saturated rings. The van der Waals surface area contributed by atoms with Gasteiger partial charge in [0.1, 0.15) is 11.7 Å². The van der Waals surface area contributed by atoms with Gasteiger partial charge in [-0.05, 0) is 49.4 Å². The Labute approximate surface area is 173 Å². The normalized spacial score (nSPS) is 24.2. The maximum absolute atomic E-state index is 13.5. The van der Waals surface area contributed by atoms with Gasteiger partial charge in [-0.1, -0.05) is 18.2 Å². The van der Waals surface area contributed by atoms with E-state index in [2.05, 4.69) is 0 Å². The Hall–Kier alpha value is -2.60. The molecule has 6 heteroatoms. The number of carbonyl (C=O) groups excluding carboxylic acids is 2. The average molecular weight is 411 g/mol. The highest BCUT2D eigenvalue weighted by Gasteiger charge is 2.44. The van der Waals surface area contributed by atoms with E-state index in [1.807, 2.05) is 17.5 Å². The molecule has 1 aromatic heterocycles. The summed E-state index contributed by atoms with van der Waals surface area (Å²) < 4.78 is 18.8. The number of carbonyl (C=O) groups is 2. The number of rotatable bonds is 4. The standard InChI is InChI=1S/C23H22FNO3S/c1-3-28-23(27)20-13(2)25-17-11-15(19-5-4-10-29-19)12-18(26)22(17)21(20)14-6-8-16(24)9-7-14/h4-10,15,20-21H,3,11-12H2,1-2H3/t15-,20?,21-/m1/s1. The Morgan fingerprint density at radius 1 is 1.24 bits per heavy atom. The summed E-state index contributed by atoms with van der Waals surface area (Å²) in [6, 6.07) is 10.1. The van der Waals surface area contributed by atoms with Crippen LogP contribution in [0.5, 0.6) is 0 Å². The summed E-state index contributed by atoms with van der Waals surface area (Å²) in [7, 11) is 0. The molecule has 2 aromatic rings. The number of ether oxygens (including phenoxy) is 1. The molecule has 150 valence electrons. The predicted molar refractivity (Wildman–Crippen MR) is 111 cm³/mol. The number of allylic oxidation sites excluding steroid dienone is 2. The van der Waals surface area contributed by atoms with Crippen molar-refractivity contribution in [3.05, 3.63) is 69.3 Å². The molecule has 1 aromatic carbocycles. The summed E-state index contributed by atoms with van der Waals surface area (Å²) in [6.45, 7) is 3.81. The number of halogens is 1. The highest BCUT2D eigenvalue weighted by molar-refractivity contribution is 7.10. The van der Waals surface area contributed by atoms with Crippen LogP contribution < -0.4 is 0 Å². The molecule has 4 rings (SSSR count). The van der Waals surface area contributed by atoms with Crippen LogP contribution in [0, 0.1) is 11.7 Å². The van der Waals surface area contributed by atoms with Crippen LogP contribution in [0.1, 0.15) is 49.0 Å². The maximum Gasteiger partial charge on any atom is 0.315 e. The number of hydrogen-bond donors (Lipinski definition) is 0. The summed E-state index contributed by atoms with van der Waals surface area (Å²) in [5, 5.41) is 2.01. The van der Waals surface area contributed by atoms with E-state index in [1.165, 1.54) is 17.0 Å². The van der Waals surface area contributed by atoms with Crippen LogP contribution >= 0.6 is 11.3 Å². The van der Waals surface area contributed by atoms with Gasteiger partial charge in [0.05, 0.1) is 6.61 Å². The average Bonchev–Trinajstić information content (AvgIpc) is 3.22. The van der Waals surface area contributed by atoms with Gasteiger partial charge in [-0.3, -0.25) is 14.6 Å². The molecule has 2 heterocycles. The van der Waals surface area contributed by atoms with E-state index in [-0.39, 0.29) is 24.1 Å². The summed E-state index contributed by atoms with van der Waals surface area (Å²) >= 11 is 1.64. The topological polar surface area (TPSA) is 55.7 Å². The van der Waals surface area contributed by atoms with Crippen molar-refractivity contribution in [2.45, 2.75) is 38.5 Å². The first-order valence-electron chi connectivity index (χ1n) is 9.76. The fourth-order valence-corrected chi connectivity index (χ4v) is 5.18. The van der Waals surface area contributed by atoms with Crippen molar-refractivity contribution in [1.82, 2.24) is 0 Å². The van der Waals surface area contributed by atoms with Gasteiger partial charge in [0, 0.05) is 40.1 Å². The minimum Gasteiger partial charge on any atom is -0.465 e. The zero-order valence-electron chi connectivity index (χ0n) is 16.4. The third-order valence-corrected chi connectivity index (χ3v) is 6.64. The molecule has 0 saturated carbocycles. The minimum absolute atomic E-state index is 0.00419. The Bertz CT molecular complexity index is 992. The Kier molecular flexibility index (Phi) is 5.46. The monoisotopic (exact) mass is 411 g/mol. The Morgan fingerprint density at radius 3 is 2.66 bits per heavy atom. The van der Waals surface area contributed by atoms with Gasteiger partial charge in [0.15, 0.2) is 5.78 Å². The van der Waals surface area contributed by atoms with E-state index in [0.717, 1.165) is 11.3 Å². The molecule has 1 unspecified atom stereocenters. The lowest BCUT2D eigenvalue weighted by atomic mass is 9.70. The van der Waals surface area contributed by atoms with E-state index < -0.39 is 17.8 Å². The largest absolute Gasteiger partial charge is 0.465 e. The number of esters is 1. The van der Waals surface area contributed by atoms with Crippen molar-refractivity contribution in [3.63, 3.8) is 0 Å². The second-order valence-corrected chi connectivity index (χ2v) is 8.40. The Balaban J connectivity index is 1.80. The molecule has 0 radical (unpaired) electrons. The molecule has 0 bridgehead atoms. The lowest BCUT2D eigenvalue weighted by molar-refractivity contribution is -0.146. The summed E-state index contributed by atoms with van der Waals surface area (Å²) in [5.41, 5.74) is 2.69. The van der Waals surface area contributed by atoms with Gasteiger partial charge < -0.3 is 4.74 Å². The van der Waals surface area contributed by atoms with Gasteiger partial charge in [0.25, 0.3) is 0 Å². The van der Waals surface area contributed by atoms with Crippen molar-refractivity contribution in [2.24, 2.45) is 10.9 Å². The zero-order valence-corrected chi connectivity index (χ0v) is 17.2. The quantitative estimate of drug-likeness (QED) is 0.664. The third kappa shape index (κ3) is 3.69. The molecule has 2 aliphatic rings. The molecule has 1 aliphatic heterocycles. The maximum atomic E-state index is 13.5. The van der Waals surface area contributed by atoms with E-state index in [0.29, 0.717) is 24.1 Å². The van der Waals surface area contributed by atoms with E-state index in [4.69, 9.17) is 9.73 Å². The lowest BCUT2D eigenvalue weighted by Gasteiger charge is -2.36. The van der Waals surface area contributed by atoms with Gasteiger partial charge in [0.2, 0.25) is 0 Å². The van der Waals surface area contributed by atoms with Crippen molar-refractivity contribution >= 4 is 28.8 Å². The zero-order chi connectivity index (χ0) is 20.5. The molecule has 29 heavy (non-hydrogen) atoms. The van der Waals surface area contributed by atoms with Crippen LogP contribution in [0.15, 0.2) is 58.0 Å². The Morgan fingerprint density at radius 2 is 2.00 bits per heavy atom. The van der Waals surface area contributed by atoms with Crippen molar-refractivity contribution in [2.75, 3.05) is 6.61 Å². The number of hydrogen-bond acceptors (Lipinski definition) is 5. The lowest BCUT2D eigenvalue weighted by Crippen LogP contribution is -2.38. The second kappa shape index (κ2) is 8.03. The molecule has 0 spiro atoms. The van der Waals surface area contributed by atoms with Crippen LogP contribution in [0.3, 0.4) is 0 Å². The van der Waals surface area contributed by atoms with Crippen LogP contribution in [0.4, 0.5) is 4.39 Å². The molecule has 0 N–H and O–H groups in total.